The van der Waals surface area contributed by atoms with Gasteiger partial charge in [0, 0.05) is 12.6 Å². The number of carboxylic acids is 1. The van der Waals surface area contributed by atoms with Gasteiger partial charge in [-0.15, -0.1) is 0 Å². The standard InChI is InChI=1S/C10H16N2O6S2/c1-2-9(6-11)20(17,18)12-3-4-19(15,16)7-8(12)5-10(13)14/h8-9H,2-5,7H2,1H3,(H,13,14). The van der Waals surface area contributed by atoms with Crippen molar-refractivity contribution in [3.8, 4) is 6.07 Å². The first-order valence-corrected chi connectivity index (χ1v) is 9.29. The second-order valence-corrected chi connectivity index (χ2v) is 8.84. The molecule has 0 spiro atoms. The molecule has 0 aromatic rings. The minimum absolute atomic E-state index is 0.0574. The Morgan fingerprint density at radius 2 is 2.15 bits per heavy atom. The summed E-state index contributed by atoms with van der Waals surface area (Å²) in [6.07, 6.45) is -0.539. The van der Waals surface area contributed by atoms with E-state index in [0.717, 1.165) is 4.31 Å². The minimum Gasteiger partial charge on any atom is -0.481 e. The summed E-state index contributed by atoms with van der Waals surface area (Å²) in [6.45, 7) is 1.22. The van der Waals surface area contributed by atoms with E-state index in [1.165, 1.54) is 6.92 Å². The van der Waals surface area contributed by atoms with E-state index in [4.69, 9.17) is 10.4 Å². The number of nitrogens with zero attached hydrogens (tertiary/aromatic N) is 2. The van der Waals surface area contributed by atoms with E-state index in [1.54, 1.807) is 6.07 Å². The molecule has 0 aromatic carbocycles. The normalized spacial score (nSPS) is 24.7. The number of nitriles is 1. The van der Waals surface area contributed by atoms with Crippen molar-refractivity contribution < 1.29 is 26.7 Å². The summed E-state index contributed by atoms with van der Waals surface area (Å²) in [6, 6.07) is 0.503. The molecule has 1 saturated heterocycles. The monoisotopic (exact) mass is 324 g/mol. The van der Waals surface area contributed by atoms with Crippen molar-refractivity contribution in [1.82, 2.24) is 4.31 Å². The first-order chi connectivity index (χ1) is 9.14. The van der Waals surface area contributed by atoms with Crippen LogP contribution in [0.4, 0.5) is 0 Å². The Morgan fingerprint density at radius 1 is 1.55 bits per heavy atom. The summed E-state index contributed by atoms with van der Waals surface area (Å²) in [5.74, 6) is -2.16. The van der Waals surface area contributed by atoms with E-state index >= 15 is 0 Å². The fourth-order valence-corrected chi connectivity index (χ4v) is 5.63. The van der Waals surface area contributed by atoms with Crippen molar-refractivity contribution in [2.45, 2.75) is 31.1 Å². The highest BCUT2D eigenvalue weighted by Crippen LogP contribution is 2.22. The molecule has 1 N–H and O–H groups in total. The fraction of sp³-hybridized carbons (Fsp3) is 0.800. The van der Waals surface area contributed by atoms with Crippen LogP contribution in [0.25, 0.3) is 0 Å². The summed E-state index contributed by atoms with van der Waals surface area (Å²) in [4.78, 5) is 10.8. The molecule has 2 unspecified atom stereocenters. The van der Waals surface area contributed by atoms with Gasteiger partial charge in [0.25, 0.3) is 0 Å². The van der Waals surface area contributed by atoms with Crippen molar-refractivity contribution in [3.05, 3.63) is 0 Å². The summed E-state index contributed by atoms with van der Waals surface area (Å²) in [5.41, 5.74) is 0. The van der Waals surface area contributed by atoms with E-state index in [0.29, 0.717) is 0 Å². The average Bonchev–Trinajstić information content (AvgIpc) is 2.27. The highest BCUT2D eigenvalue weighted by molar-refractivity contribution is 7.92. The van der Waals surface area contributed by atoms with Gasteiger partial charge in [-0.2, -0.15) is 9.57 Å². The molecule has 10 heteroatoms. The van der Waals surface area contributed by atoms with Gasteiger partial charge in [0.15, 0.2) is 15.1 Å². The largest absolute Gasteiger partial charge is 0.481 e. The Labute approximate surface area is 118 Å². The number of hydrogen-bond donors (Lipinski definition) is 1. The lowest BCUT2D eigenvalue weighted by atomic mass is 10.2. The molecule has 8 nitrogen and oxygen atoms in total. The summed E-state index contributed by atoms with van der Waals surface area (Å²) in [7, 11) is -7.49. The van der Waals surface area contributed by atoms with Gasteiger partial charge in [-0.1, -0.05) is 6.92 Å². The summed E-state index contributed by atoms with van der Waals surface area (Å²) in [5, 5.41) is 16.4. The second kappa shape index (κ2) is 6.07. The fourth-order valence-electron chi connectivity index (χ4n) is 2.10. The zero-order chi connectivity index (χ0) is 15.6. The number of sulfonamides is 1. The molecule has 1 heterocycles. The number of sulfone groups is 1. The zero-order valence-electron chi connectivity index (χ0n) is 10.9. The topological polar surface area (TPSA) is 133 Å². The smallest absolute Gasteiger partial charge is 0.305 e. The van der Waals surface area contributed by atoms with Crippen LogP contribution < -0.4 is 0 Å². The van der Waals surface area contributed by atoms with E-state index in [-0.39, 0.29) is 18.7 Å². The van der Waals surface area contributed by atoms with Gasteiger partial charge in [-0.25, -0.2) is 16.8 Å². The number of rotatable bonds is 5. The Balaban J connectivity index is 3.14. The van der Waals surface area contributed by atoms with Crippen molar-refractivity contribution >= 4 is 25.8 Å². The highest BCUT2D eigenvalue weighted by Gasteiger charge is 2.42. The number of hydrogen-bond acceptors (Lipinski definition) is 6. The lowest BCUT2D eigenvalue weighted by Gasteiger charge is -2.34. The number of aliphatic carboxylic acids is 1. The van der Waals surface area contributed by atoms with Gasteiger partial charge in [0.1, 0.15) is 0 Å². The molecule has 0 aromatic heterocycles. The second-order valence-electron chi connectivity index (χ2n) is 4.55. The van der Waals surface area contributed by atoms with E-state index < -0.39 is 49.3 Å². The predicted molar refractivity (Wildman–Crippen MR) is 70.0 cm³/mol. The maximum absolute atomic E-state index is 12.3. The molecule has 0 radical (unpaired) electrons. The SMILES string of the molecule is CCC(C#N)S(=O)(=O)N1CCS(=O)(=O)CC1CC(=O)O. The Bertz CT molecular complexity index is 619. The van der Waals surface area contributed by atoms with Crippen molar-refractivity contribution in [1.29, 1.82) is 5.26 Å². The molecule has 0 saturated carbocycles. The molecule has 1 aliphatic rings. The van der Waals surface area contributed by atoms with Gasteiger partial charge in [-0.05, 0) is 6.42 Å². The first-order valence-electron chi connectivity index (χ1n) is 5.96. The predicted octanol–water partition coefficient (Wildman–Crippen LogP) is -0.808. The molecule has 2 atom stereocenters. The lowest BCUT2D eigenvalue weighted by molar-refractivity contribution is -0.137. The molecular weight excluding hydrogens is 308 g/mol. The molecule has 114 valence electrons. The Morgan fingerprint density at radius 3 is 2.60 bits per heavy atom. The van der Waals surface area contributed by atoms with Crippen LogP contribution in [-0.4, -0.2) is 61.6 Å². The molecule has 0 aliphatic carbocycles. The van der Waals surface area contributed by atoms with E-state index in [2.05, 4.69) is 0 Å². The molecule has 0 amide bonds. The van der Waals surface area contributed by atoms with E-state index in [9.17, 15) is 21.6 Å². The van der Waals surface area contributed by atoms with Crippen molar-refractivity contribution in [2.75, 3.05) is 18.1 Å². The zero-order valence-corrected chi connectivity index (χ0v) is 12.5. The van der Waals surface area contributed by atoms with Crippen LogP contribution >= 0.6 is 0 Å². The van der Waals surface area contributed by atoms with Crippen LogP contribution in [0.15, 0.2) is 0 Å². The van der Waals surface area contributed by atoms with Gasteiger partial charge >= 0.3 is 5.97 Å². The molecule has 1 fully saturated rings. The lowest BCUT2D eigenvalue weighted by Crippen LogP contribution is -2.54. The number of carbonyl (C=O) groups is 1. The Kier molecular flexibility index (Phi) is 5.12. The van der Waals surface area contributed by atoms with Crippen molar-refractivity contribution in [3.63, 3.8) is 0 Å². The highest BCUT2D eigenvalue weighted by atomic mass is 32.2. The third-order valence-corrected chi connectivity index (χ3v) is 7.08. The van der Waals surface area contributed by atoms with Crippen LogP contribution in [-0.2, 0) is 24.7 Å². The third-order valence-electron chi connectivity index (χ3n) is 3.09. The quantitative estimate of drug-likeness (QED) is 0.699. The maximum Gasteiger partial charge on any atom is 0.305 e. The molecule has 1 aliphatic heterocycles. The maximum atomic E-state index is 12.3. The van der Waals surface area contributed by atoms with E-state index in [1.807, 2.05) is 0 Å². The van der Waals surface area contributed by atoms with Crippen LogP contribution in [0.1, 0.15) is 19.8 Å². The molecular formula is C10H16N2O6S2. The summed E-state index contributed by atoms with van der Waals surface area (Å²) < 4.78 is 48.5. The molecule has 1 rings (SSSR count). The molecule has 0 bridgehead atoms. The number of carboxylic acid groups (broad SMARTS) is 1. The van der Waals surface area contributed by atoms with Gasteiger partial charge in [0.05, 0.1) is 24.0 Å². The van der Waals surface area contributed by atoms with Crippen molar-refractivity contribution in [2.24, 2.45) is 0 Å². The van der Waals surface area contributed by atoms with Gasteiger partial charge in [0.2, 0.25) is 10.0 Å². The van der Waals surface area contributed by atoms with Gasteiger partial charge < -0.3 is 5.11 Å². The van der Waals surface area contributed by atoms with Crippen LogP contribution in [0, 0.1) is 11.3 Å². The molecule has 20 heavy (non-hydrogen) atoms. The van der Waals surface area contributed by atoms with Crippen LogP contribution in [0.5, 0.6) is 0 Å². The minimum atomic E-state index is -4.02. The first kappa shape index (κ1) is 16.9. The third kappa shape index (κ3) is 3.68. The van der Waals surface area contributed by atoms with Crippen LogP contribution in [0.3, 0.4) is 0 Å². The van der Waals surface area contributed by atoms with Gasteiger partial charge in [-0.3, -0.25) is 4.79 Å². The Hall–Kier alpha value is -1.18. The summed E-state index contributed by atoms with van der Waals surface area (Å²) >= 11 is 0. The van der Waals surface area contributed by atoms with Crippen LogP contribution in [0.2, 0.25) is 0 Å². The average molecular weight is 324 g/mol.